The van der Waals surface area contributed by atoms with Crippen molar-refractivity contribution in [2.24, 2.45) is 0 Å². The molecule has 0 aliphatic heterocycles. The minimum absolute atomic E-state index is 0.0879. The Labute approximate surface area is 115 Å². The molecule has 0 radical (unpaired) electrons. The number of ether oxygens (including phenoxy) is 1. The summed E-state index contributed by atoms with van der Waals surface area (Å²) < 4.78 is 5.14. The lowest BCUT2D eigenvalue weighted by atomic mass is 10.2. The van der Waals surface area contributed by atoms with E-state index in [0.29, 0.717) is 5.57 Å². The summed E-state index contributed by atoms with van der Waals surface area (Å²) in [6.45, 7) is 12.7. The van der Waals surface area contributed by atoms with Gasteiger partial charge in [-0.2, -0.15) is 0 Å². The molecule has 5 nitrogen and oxygen atoms in total. The molecule has 0 aromatic carbocycles. The second kappa shape index (κ2) is 7.16. The van der Waals surface area contributed by atoms with E-state index in [4.69, 9.17) is 4.74 Å². The maximum Gasteiger partial charge on any atom is 0.408 e. The van der Waals surface area contributed by atoms with E-state index in [1.807, 2.05) is 13.8 Å². The molecule has 0 spiro atoms. The third-order valence-electron chi connectivity index (χ3n) is 2.02. The summed E-state index contributed by atoms with van der Waals surface area (Å²) in [7, 11) is 0. The normalized spacial score (nSPS) is 14.0. The van der Waals surface area contributed by atoms with Gasteiger partial charge in [0.05, 0.1) is 0 Å². The maximum atomic E-state index is 11.7. The van der Waals surface area contributed by atoms with E-state index < -0.39 is 11.7 Å². The van der Waals surface area contributed by atoms with Gasteiger partial charge in [-0.3, -0.25) is 4.79 Å². The molecule has 0 bridgehead atoms. The summed E-state index contributed by atoms with van der Waals surface area (Å²) in [5.41, 5.74) is 0.0367. The molecule has 1 atom stereocenters. The van der Waals surface area contributed by atoms with E-state index >= 15 is 0 Å². The summed E-state index contributed by atoms with van der Waals surface area (Å²) in [4.78, 5) is 23.2. The van der Waals surface area contributed by atoms with Crippen LogP contribution in [-0.4, -0.2) is 29.7 Å². The second-order valence-electron chi connectivity index (χ2n) is 5.91. The SMILES string of the molecule is C/C(=C/[C@H](C)NC(=O)OC(C)(C)C)C(=O)NC(C)C. The highest BCUT2D eigenvalue weighted by Gasteiger charge is 2.17. The lowest BCUT2D eigenvalue weighted by molar-refractivity contribution is -0.117. The fourth-order valence-electron chi connectivity index (χ4n) is 1.36. The smallest absolute Gasteiger partial charge is 0.408 e. The number of hydrogen-bond acceptors (Lipinski definition) is 3. The van der Waals surface area contributed by atoms with Crippen molar-refractivity contribution < 1.29 is 14.3 Å². The van der Waals surface area contributed by atoms with Crippen LogP contribution < -0.4 is 10.6 Å². The van der Waals surface area contributed by atoms with Crippen molar-refractivity contribution in [2.45, 2.75) is 66.2 Å². The van der Waals surface area contributed by atoms with Crippen LogP contribution >= 0.6 is 0 Å². The van der Waals surface area contributed by atoms with Crippen molar-refractivity contribution in [1.82, 2.24) is 10.6 Å². The third kappa shape index (κ3) is 9.11. The van der Waals surface area contributed by atoms with Crippen LogP contribution in [0, 0.1) is 0 Å². The Morgan fingerprint density at radius 3 is 2.05 bits per heavy atom. The first kappa shape index (κ1) is 17.5. The van der Waals surface area contributed by atoms with E-state index in [0.717, 1.165) is 0 Å². The molecule has 0 heterocycles. The molecule has 0 aliphatic rings. The average molecular weight is 270 g/mol. The fourth-order valence-corrected chi connectivity index (χ4v) is 1.36. The standard InChI is InChI=1S/C14H26N2O3/c1-9(2)15-12(17)10(3)8-11(4)16-13(18)19-14(5,6)7/h8-9,11H,1-7H3,(H,15,17)(H,16,18)/b10-8-/t11-/m0/s1. The third-order valence-corrected chi connectivity index (χ3v) is 2.02. The first-order chi connectivity index (χ1) is 8.51. The molecule has 19 heavy (non-hydrogen) atoms. The van der Waals surface area contributed by atoms with Gasteiger partial charge >= 0.3 is 6.09 Å². The first-order valence-electron chi connectivity index (χ1n) is 6.50. The highest BCUT2D eigenvalue weighted by Crippen LogP contribution is 2.07. The Bertz CT molecular complexity index is 354. The van der Waals surface area contributed by atoms with Crippen LogP contribution in [0.3, 0.4) is 0 Å². The molecular weight excluding hydrogens is 244 g/mol. The summed E-state index contributed by atoms with van der Waals surface area (Å²) >= 11 is 0. The minimum atomic E-state index is -0.530. The largest absolute Gasteiger partial charge is 0.444 e. The number of nitrogens with one attached hydrogen (secondary N) is 2. The number of alkyl carbamates (subject to hydrolysis) is 1. The van der Waals surface area contributed by atoms with Gasteiger partial charge in [0.2, 0.25) is 5.91 Å². The van der Waals surface area contributed by atoms with Gasteiger partial charge in [-0.25, -0.2) is 4.79 Å². The Hall–Kier alpha value is -1.52. The predicted molar refractivity (Wildman–Crippen MR) is 75.9 cm³/mol. The number of rotatable bonds is 4. The zero-order valence-corrected chi connectivity index (χ0v) is 13.0. The van der Waals surface area contributed by atoms with Gasteiger partial charge < -0.3 is 15.4 Å². The van der Waals surface area contributed by atoms with Crippen LogP contribution in [-0.2, 0) is 9.53 Å². The fraction of sp³-hybridized carbons (Fsp3) is 0.714. The van der Waals surface area contributed by atoms with Crippen LogP contribution in [0.15, 0.2) is 11.6 Å². The highest BCUT2D eigenvalue weighted by molar-refractivity contribution is 5.93. The molecule has 0 saturated heterocycles. The summed E-state index contributed by atoms with van der Waals surface area (Å²) in [5.74, 6) is -0.132. The molecule has 0 aliphatic carbocycles. The van der Waals surface area contributed by atoms with Crippen molar-refractivity contribution >= 4 is 12.0 Å². The summed E-state index contributed by atoms with van der Waals surface area (Å²) in [5, 5.41) is 5.45. The molecule has 0 aromatic heterocycles. The monoisotopic (exact) mass is 270 g/mol. The average Bonchev–Trinajstić information content (AvgIpc) is 2.11. The van der Waals surface area contributed by atoms with Gasteiger partial charge in [0, 0.05) is 17.7 Å². The lowest BCUT2D eigenvalue weighted by Gasteiger charge is -2.21. The number of carbonyl (C=O) groups is 2. The van der Waals surface area contributed by atoms with Gasteiger partial charge in [0.25, 0.3) is 0 Å². The zero-order valence-electron chi connectivity index (χ0n) is 13.0. The molecule has 0 saturated carbocycles. The van der Waals surface area contributed by atoms with Gasteiger partial charge in [-0.1, -0.05) is 6.08 Å². The summed E-state index contributed by atoms with van der Waals surface area (Å²) in [6.07, 6.45) is 1.20. The highest BCUT2D eigenvalue weighted by atomic mass is 16.6. The van der Waals surface area contributed by atoms with Gasteiger partial charge in [0.1, 0.15) is 5.60 Å². The molecule has 0 fully saturated rings. The Balaban J connectivity index is 4.40. The van der Waals surface area contributed by atoms with Gasteiger partial charge in [-0.15, -0.1) is 0 Å². The Morgan fingerprint density at radius 2 is 1.63 bits per heavy atom. The molecule has 2 N–H and O–H groups in total. The topological polar surface area (TPSA) is 67.4 Å². The van der Waals surface area contributed by atoms with E-state index in [9.17, 15) is 9.59 Å². The maximum absolute atomic E-state index is 11.7. The quantitative estimate of drug-likeness (QED) is 0.771. The van der Waals surface area contributed by atoms with Gasteiger partial charge in [0.15, 0.2) is 0 Å². The lowest BCUT2D eigenvalue weighted by Crippen LogP contribution is -2.37. The van der Waals surface area contributed by atoms with Crippen LogP contribution in [0.1, 0.15) is 48.5 Å². The van der Waals surface area contributed by atoms with Crippen LogP contribution in [0.4, 0.5) is 4.79 Å². The van der Waals surface area contributed by atoms with Crippen molar-refractivity contribution in [2.75, 3.05) is 0 Å². The van der Waals surface area contributed by atoms with Crippen molar-refractivity contribution in [3.05, 3.63) is 11.6 Å². The van der Waals surface area contributed by atoms with E-state index in [1.165, 1.54) is 0 Å². The van der Waals surface area contributed by atoms with Crippen molar-refractivity contribution in [3.63, 3.8) is 0 Å². The van der Waals surface area contributed by atoms with E-state index in [1.54, 1.807) is 40.7 Å². The Kier molecular flexibility index (Phi) is 6.59. The minimum Gasteiger partial charge on any atom is -0.444 e. The number of hydrogen-bond donors (Lipinski definition) is 2. The predicted octanol–water partition coefficient (Wildman–Crippen LogP) is 2.37. The van der Waals surface area contributed by atoms with E-state index in [-0.39, 0.29) is 18.0 Å². The Morgan fingerprint density at radius 1 is 1.11 bits per heavy atom. The second-order valence-corrected chi connectivity index (χ2v) is 5.91. The first-order valence-corrected chi connectivity index (χ1v) is 6.50. The number of amides is 2. The van der Waals surface area contributed by atoms with Crippen LogP contribution in [0.5, 0.6) is 0 Å². The molecular formula is C14H26N2O3. The molecule has 5 heteroatoms. The van der Waals surface area contributed by atoms with Crippen LogP contribution in [0.2, 0.25) is 0 Å². The molecule has 0 unspecified atom stereocenters. The number of carbonyl (C=O) groups excluding carboxylic acids is 2. The van der Waals surface area contributed by atoms with Crippen molar-refractivity contribution in [3.8, 4) is 0 Å². The summed E-state index contributed by atoms with van der Waals surface area (Å²) in [6, 6.07) is -0.183. The zero-order chi connectivity index (χ0) is 15.2. The van der Waals surface area contributed by atoms with E-state index in [2.05, 4.69) is 10.6 Å². The molecule has 110 valence electrons. The van der Waals surface area contributed by atoms with Gasteiger partial charge in [-0.05, 0) is 48.5 Å². The molecule has 2 amide bonds. The molecule has 0 aromatic rings. The molecule has 0 rings (SSSR count). The van der Waals surface area contributed by atoms with Crippen LogP contribution in [0.25, 0.3) is 0 Å². The van der Waals surface area contributed by atoms with Crippen molar-refractivity contribution in [1.29, 1.82) is 0 Å².